The van der Waals surface area contributed by atoms with E-state index in [9.17, 15) is 31.1 Å². The molecule has 2 aromatic carbocycles. The number of carbonyl (C=O) groups is 1. The first kappa shape index (κ1) is 28.5. The van der Waals surface area contributed by atoms with Gasteiger partial charge in [0.1, 0.15) is 11.2 Å². The van der Waals surface area contributed by atoms with Crippen molar-refractivity contribution in [3.8, 4) is 22.8 Å². The number of carbonyl (C=O) groups excluding carboxylic acids is 1. The minimum atomic E-state index is -4.92. The lowest BCUT2D eigenvalue weighted by molar-refractivity contribution is -0.286. The Morgan fingerprint density at radius 1 is 1.03 bits per heavy atom. The van der Waals surface area contributed by atoms with Crippen LogP contribution >= 0.6 is 11.6 Å². The van der Waals surface area contributed by atoms with E-state index >= 15 is 0 Å². The van der Waals surface area contributed by atoms with Crippen molar-refractivity contribution in [3.05, 3.63) is 76.2 Å². The Morgan fingerprint density at radius 3 is 2.31 bits per heavy atom. The van der Waals surface area contributed by atoms with Gasteiger partial charge in [0.25, 0.3) is 5.91 Å². The van der Waals surface area contributed by atoms with E-state index in [0.717, 1.165) is 31.2 Å². The van der Waals surface area contributed by atoms with Crippen molar-refractivity contribution >= 4 is 17.5 Å². The summed E-state index contributed by atoms with van der Waals surface area (Å²) in [5.41, 5.74) is 2.28. The highest BCUT2D eigenvalue weighted by molar-refractivity contribution is 6.31. The molecule has 13 heteroatoms. The number of pyridine rings is 1. The SMILES string of the molecule is CC(C)(N)c1cc(-c2ccc(F)c(Cl)c2)nc(C(C)(CNC(=O)c2ccc3c(c2)OC(F)(F)O3)C(F)(F)F)c1. The molecule has 3 aromatic rings. The number of nitrogens with one attached hydrogen (secondary N) is 1. The monoisotopic (exact) mass is 573 g/mol. The molecule has 4 rings (SSSR count). The minimum Gasteiger partial charge on any atom is -0.395 e. The number of nitrogens with two attached hydrogens (primary N) is 1. The lowest BCUT2D eigenvalue weighted by Gasteiger charge is -2.33. The maximum absolute atomic E-state index is 14.6. The van der Waals surface area contributed by atoms with Crippen LogP contribution in [0.15, 0.2) is 48.5 Å². The summed E-state index contributed by atoms with van der Waals surface area (Å²) in [6, 6.07) is 9.36. The molecule has 1 aromatic heterocycles. The van der Waals surface area contributed by atoms with Crippen LogP contribution < -0.4 is 20.5 Å². The molecular weight excluding hydrogens is 552 g/mol. The summed E-state index contributed by atoms with van der Waals surface area (Å²) >= 11 is 5.88. The molecule has 0 saturated carbocycles. The molecule has 0 bridgehead atoms. The highest BCUT2D eigenvalue weighted by Gasteiger charge is 2.54. The third kappa shape index (κ3) is 5.76. The molecule has 1 aliphatic heterocycles. The largest absolute Gasteiger partial charge is 0.586 e. The van der Waals surface area contributed by atoms with Crippen molar-refractivity contribution in [1.29, 1.82) is 0 Å². The van der Waals surface area contributed by atoms with Crippen molar-refractivity contribution in [3.63, 3.8) is 0 Å². The Kier molecular flexibility index (Phi) is 7.01. The van der Waals surface area contributed by atoms with E-state index in [0.29, 0.717) is 5.56 Å². The van der Waals surface area contributed by atoms with Gasteiger partial charge in [-0.2, -0.15) is 13.2 Å². The molecule has 1 amide bonds. The Labute approximate surface area is 224 Å². The first-order chi connectivity index (χ1) is 17.9. The molecule has 0 spiro atoms. The maximum atomic E-state index is 14.6. The minimum absolute atomic E-state index is 0.0569. The number of halogens is 7. The average molecular weight is 574 g/mol. The van der Waals surface area contributed by atoms with Gasteiger partial charge in [0, 0.05) is 23.2 Å². The van der Waals surface area contributed by atoms with E-state index in [-0.39, 0.29) is 27.6 Å². The van der Waals surface area contributed by atoms with Crippen LogP contribution in [-0.2, 0) is 11.0 Å². The zero-order chi connectivity index (χ0) is 29.0. The Bertz CT molecular complexity index is 1440. The Hall–Kier alpha value is -3.51. The van der Waals surface area contributed by atoms with Crippen LogP contribution in [0, 0.1) is 5.82 Å². The predicted octanol–water partition coefficient (Wildman–Crippen LogP) is 6.31. The first-order valence-corrected chi connectivity index (χ1v) is 11.8. The Balaban J connectivity index is 1.71. The van der Waals surface area contributed by atoms with Gasteiger partial charge in [-0.1, -0.05) is 11.6 Å². The molecule has 0 fully saturated rings. The lowest BCUT2D eigenvalue weighted by atomic mass is 9.82. The average Bonchev–Trinajstić information content (AvgIpc) is 3.15. The van der Waals surface area contributed by atoms with E-state index in [1.165, 1.54) is 24.3 Å². The van der Waals surface area contributed by atoms with Gasteiger partial charge in [-0.05, 0) is 74.9 Å². The fraction of sp³-hybridized carbons (Fsp3) is 0.308. The normalized spacial score (nSPS) is 16.1. The van der Waals surface area contributed by atoms with Gasteiger partial charge in [-0.15, -0.1) is 8.78 Å². The number of hydrogen-bond donors (Lipinski definition) is 2. The molecule has 0 aliphatic carbocycles. The van der Waals surface area contributed by atoms with E-state index in [1.807, 2.05) is 0 Å². The summed E-state index contributed by atoms with van der Waals surface area (Å²) in [5.74, 6) is -2.46. The van der Waals surface area contributed by atoms with Gasteiger partial charge >= 0.3 is 12.5 Å². The summed E-state index contributed by atoms with van der Waals surface area (Å²) in [4.78, 5) is 17.0. The van der Waals surface area contributed by atoms with Crippen LogP contribution in [-0.4, -0.2) is 29.9 Å². The van der Waals surface area contributed by atoms with Gasteiger partial charge < -0.3 is 20.5 Å². The standard InChI is InChI=1S/C26H22ClF6N3O3/c1-23(2,34)15-10-18(13-4-6-17(28)16(27)8-13)36-21(11-15)24(3,25(29,30)31)12-35-22(37)14-5-7-19-20(9-14)39-26(32,33)38-19/h4-11H,12,34H2,1-3H3,(H,35,37). The molecule has 208 valence electrons. The number of benzene rings is 2. The van der Waals surface area contributed by atoms with Crippen LogP contribution in [0.2, 0.25) is 5.02 Å². The van der Waals surface area contributed by atoms with Crippen LogP contribution in [0.5, 0.6) is 11.5 Å². The van der Waals surface area contributed by atoms with Gasteiger partial charge in [0.2, 0.25) is 0 Å². The van der Waals surface area contributed by atoms with Crippen molar-refractivity contribution in [2.24, 2.45) is 5.73 Å². The number of alkyl halides is 5. The smallest absolute Gasteiger partial charge is 0.395 e. The summed E-state index contributed by atoms with van der Waals surface area (Å²) in [7, 11) is 0. The maximum Gasteiger partial charge on any atom is 0.586 e. The number of fused-ring (bicyclic) bond motifs is 1. The Morgan fingerprint density at radius 2 is 1.69 bits per heavy atom. The third-order valence-electron chi connectivity index (χ3n) is 6.24. The van der Waals surface area contributed by atoms with Crippen molar-refractivity contribution in [2.75, 3.05) is 6.54 Å². The van der Waals surface area contributed by atoms with Crippen molar-refractivity contribution < 1.29 is 40.6 Å². The molecule has 2 heterocycles. The second-order valence-electron chi connectivity index (χ2n) is 9.82. The van der Waals surface area contributed by atoms with Gasteiger partial charge in [0.05, 0.1) is 16.4 Å². The summed E-state index contributed by atoms with van der Waals surface area (Å²) in [6.45, 7) is 3.06. The second-order valence-corrected chi connectivity index (χ2v) is 10.2. The fourth-order valence-corrected chi connectivity index (χ4v) is 3.95. The zero-order valence-electron chi connectivity index (χ0n) is 20.7. The van der Waals surface area contributed by atoms with E-state index in [2.05, 4.69) is 19.8 Å². The van der Waals surface area contributed by atoms with Crippen LogP contribution in [0.1, 0.15) is 42.4 Å². The van der Waals surface area contributed by atoms with Crippen LogP contribution in [0.25, 0.3) is 11.3 Å². The summed E-state index contributed by atoms with van der Waals surface area (Å²) in [5, 5.41) is 1.96. The number of amides is 1. The lowest BCUT2D eigenvalue weighted by Crippen LogP contribution is -2.49. The van der Waals surface area contributed by atoms with Crippen LogP contribution in [0.3, 0.4) is 0 Å². The van der Waals surface area contributed by atoms with Crippen LogP contribution in [0.4, 0.5) is 26.3 Å². The van der Waals surface area contributed by atoms with Crippen molar-refractivity contribution in [2.45, 2.75) is 44.2 Å². The number of aromatic nitrogens is 1. The van der Waals surface area contributed by atoms with Gasteiger partial charge in [-0.25, -0.2) is 4.39 Å². The molecule has 1 aliphatic rings. The predicted molar refractivity (Wildman–Crippen MR) is 130 cm³/mol. The molecule has 39 heavy (non-hydrogen) atoms. The van der Waals surface area contributed by atoms with Gasteiger partial charge in [0.15, 0.2) is 11.5 Å². The summed E-state index contributed by atoms with van der Waals surface area (Å²) in [6.07, 6.45) is -8.84. The number of hydrogen-bond acceptors (Lipinski definition) is 5. The van der Waals surface area contributed by atoms with E-state index in [1.54, 1.807) is 13.8 Å². The van der Waals surface area contributed by atoms with Crippen molar-refractivity contribution in [1.82, 2.24) is 10.3 Å². The summed E-state index contributed by atoms with van der Waals surface area (Å²) < 4.78 is 92.6. The fourth-order valence-electron chi connectivity index (χ4n) is 3.77. The highest BCUT2D eigenvalue weighted by Crippen LogP contribution is 2.43. The molecule has 0 radical (unpaired) electrons. The molecular formula is C26H22ClF6N3O3. The highest BCUT2D eigenvalue weighted by atomic mass is 35.5. The number of nitrogens with zero attached hydrogens (tertiary/aromatic N) is 1. The van der Waals surface area contributed by atoms with E-state index in [4.69, 9.17) is 17.3 Å². The molecule has 1 unspecified atom stereocenters. The molecule has 0 saturated heterocycles. The second kappa shape index (κ2) is 9.60. The first-order valence-electron chi connectivity index (χ1n) is 11.4. The number of ether oxygens (including phenoxy) is 2. The molecule has 6 nitrogen and oxygen atoms in total. The number of rotatable bonds is 6. The molecule has 3 N–H and O–H groups in total. The molecule has 1 atom stereocenters. The van der Waals surface area contributed by atoms with Gasteiger partial charge in [-0.3, -0.25) is 9.78 Å². The third-order valence-corrected chi connectivity index (χ3v) is 6.53. The quantitative estimate of drug-likeness (QED) is 0.338. The van der Waals surface area contributed by atoms with E-state index < -0.39 is 53.1 Å². The zero-order valence-corrected chi connectivity index (χ0v) is 21.5. The topological polar surface area (TPSA) is 86.5 Å².